The second-order valence-corrected chi connectivity index (χ2v) is 3.66. The number of aryl methyl sites for hydroxylation is 1. The lowest BCUT2D eigenvalue weighted by Crippen LogP contribution is -1.89. The molecule has 4 heteroatoms. The van der Waals surface area contributed by atoms with Gasteiger partial charge in [0.15, 0.2) is 0 Å². The maximum absolute atomic E-state index is 12.3. The van der Waals surface area contributed by atoms with E-state index in [1.807, 2.05) is 0 Å². The Bertz CT molecular complexity index is 299. The zero-order valence-corrected chi connectivity index (χ0v) is 8.59. The lowest BCUT2D eigenvalue weighted by molar-refractivity contribution is 0.150. The van der Waals surface area contributed by atoms with Crippen molar-refractivity contribution in [2.24, 2.45) is 0 Å². The molecule has 0 aliphatic carbocycles. The second kappa shape index (κ2) is 3.71. The van der Waals surface area contributed by atoms with E-state index in [0.29, 0.717) is 9.50 Å². The fourth-order valence-electron chi connectivity index (χ4n) is 0.910. The lowest BCUT2D eigenvalue weighted by atomic mass is 10.1. The Morgan fingerprint density at radius 3 is 2.50 bits per heavy atom. The first kappa shape index (κ1) is 9.93. The highest BCUT2D eigenvalue weighted by Gasteiger charge is 2.13. The van der Waals surface area contributed by atoms with E-state index in [0.717, 1.165) is 5.56 Å². The van der Waals surface area contributed by atoms with Crippen molar-refractivity contribution in [3.8, 4) is 0 Å². The number of benzene rings is 1. The van der Waals surface area contributed by atoms with E-state index in [1.54, 1.807) is 13.0 Å². The third-order valence-electron chi connectivity index (χ3n) is 1.48. The summed E-state index contributed by atoms with van der Waals surface area (Å²) in [5.41, 5.74) is 0.665. The Kier molecular flexibility index (Phi) is 3.07. The van der Waals surface area contributed by atoms with Gasteiger partial charge in [-0.15, -0.1) is 0 Å². The van der Waals surface area contributed by atoms with Crippen molar-refractivity contribution < 1.29 is 8.78 Å². The first-order chi connectivity index (χ1) is 5.52. The quantitative estimate of drug-likeness (QED) is 0.700. The fraction of sp³-hybridized carbons (Fsp3) is 0.250. The van der Waals surface area contributed by atoms with E-state index in [1.165, 1.54) is 6.07 Å². The Balaban J connectivity index is 3.28. The topological polar surface area (TPSA) is 0 Å². The molecule has 0 atom stereocenters. The molecular weight excluding hydrogens is 249 g/mol. The van der Waals surface area contributed by atoms with Gasteiger partial charge in [-0.3, -0.25) is 0 Å². The van der Waals surface area contributed by atoms with Gasteiger partial charge < -0.3 is 0 Å². The first-order valence-electron chi connectivity index (χ1n) is 3.26. The molecule has 1 rings (SSSR count). The summed E-state index contributed by atoms with van der Waals surface area (Å²) >= 11 is 8.69. The lowest BCUT2D eigenvalue weighted by Gasteiger charge is -2.06. The van der Waals surface area contributed by atoms with Crippen molar-refractivity contribution in [3.05, 3.63) is 32.8 Å². The van der Waals surface area contributed by atoms with Gasteiger partial charge in [-0.2, -0.15) is 0 Å². The average Bonchev–Trinajstić information content (AvgIpc) is 1.96. The standard InChI is InChI=1S/C8H6BrClF2/c1-4-2-5(10)3-6(7(4)9)8(11)12/h2-3,8H,1H3. The molecule has 0 spiro atoms. The number of rotatable bonds is 1. The molecule has 1 aromatic carbocycles. The Morgan fingerprint density at radius 1 is 1.42 bits per heavy atom. The maximum atomic E-state index is 12.3. The molecule has 0 nitrogen and oxygen atoms in total. The molecule has 0 radical (unpaired) electrons. The molecular formula is C8H6BrClF2. The van der Waals surface area contributed by atoms with Crippen LogP contribution in [0.2, 0.25) is 5.02 Å². The Hall–Kier alpha value is -0.150. The van der Waals surface area contributed by atoms with Gasteiger partial charge in [0.25, 0.3) is 6.43 Å². The highest BCUT2D eigenvalue weighted by Crippen LogP contribution is 2.32. The van der Waals surface area contributed by atoms with Crippen molar-refractivity contribution >= 4 is 27.5 Å². The van der Waals surface area contributed by atoms with Crippen LogP contribution in [0.1, 0.15) is 17.6 Å². The van der Waals surface area contributed by atoms with Crippen LogP contribution in [0.5, 0.6) is 0 Å². The smallest absolute Gasteiger partial charge is 0.205 e. The van der Waals surface area contributed by atoms with Crippen LogP contribution < -0.4 is 0 Å². The van der Waals surface area contributed by atoms with Crippen LogP contribution in [0.15, 0.2) is 16.6 Å². The molecule has 0 saturated carbocycles. The molecule has 0 bridgehead atoms. The van der Waals surface area contributed by atoms with Gasteiger partial charge in [-0.1, -0.05) is 27.5 Å². The van der Waals surface area contributed by atoms with Crippen LogP contribution in [-0.4, -0.2) is 0 Å². The van der Waals surface area contributed by atoms with Gasteiger partial charge in [0.05, 0.1) is 0 Å². The monoisotopic (exact) mass is 254 g/mol. The largest absolute Gasteiger partial charge is 0.264 e. The molecule has 12 heavy (non-hydrogen) atoms. The van der Waals surface area contributed by atoms with Gasteiger partial charge >= 0.3 is 0 Å². The van der Waals surface area contributed by atoms with Crippen molar-refractivity contribution in [1.82, 2.24) is 0 Å². The minimum Gasteiger partial charge on any atom is -0.205 e. The summed E-state index contributed by atoms with van der Waals surface area (Å²) in [5.74, 6) is 0. The van der Waals surface area contributed by atoms with Crippen LogP contribution in [0, 0.1) is 6.92 Å². The number of alkyl halides is 2. The summed E-state index contributed by atoms with van der Waals surface area (Å²) in [6, 6.07) is 2.90. The molecule has 1 aromatic rings. The maximum Gasteiger partial charge on any atom is 0.264 e. The van der Waals surface area contributed by atoms with E-state index < -0.39 is 6.43 Å². The summed E-state index contributed by atoms with van der Waals surface area (Å²) < 4.78 is 25.0. The minimum atomic E-state index is -2.49. The molecule has 66 valence electrons. The highest BCUT2D eigenvalue weighted by atomic mass is 79.9. The summed E-state index contributed by atoms with van der Waals surface area (Å²) in [4.78, 5) is 0. The fourth-order valence-corrected chi connectivity index (χ4v) is 1.59. The number of hydrogen-bond acceptors (Lipinski definition) is 0. The molecule has 0 heterocycles. The van der Waals surface area contributed by atoms with Gasteiger partial charge in [-0.05, 0) is 24.6 Å². The zero-order valence-electron chi connectivity index (χ0n) is 6.24. The van der Waals surface area contributed by atoms with Gasteiger partial charge in [0.2, 0.25) is 0 Å². The normalized spacial score (nSPS) is 10.8. The molecule has 0 aliphatic rings. The van der Waals surface area contributed by atoms with Crippen molar-refractivity contribution in [3.63, 3.8) is 0 Å². The van der Waals surface area contributed by atoms with E-state index >= 15 is 0 Å². The van der Waals surface area contributed by atoms with Crippen molar-refractivity contribution in [2.75, 3.05) is 0 Å². The molecule has 0 N–H and O–H groups in total. The third-order valence-corrected chi connectivity index (χ3v) is 2.78. The third kappa shape index (κ3) is 1.96. The number of hydrogen-bond donors (Lipinski definition) is 0. The van der Waals surface area contributed by atoms with Crippen LogP contribution in [0.25, 0.3) is 0 Å². The summed E-state index contributed by atoms with van der Waals surface area (Å²) in [7, 11) is 0. The first-order valence-corrected chi connectivity index (χ1v) is 4.43. The average molecular weight is 255 g/mol. The predicted octanol–water partition coefficient (Wildman–Crippen LogP) is 4.35. The summed E-state index contributed by atoms with van der Waals surface area (Å²) in [6.45, 7) is 1.72. The minimum absolute atomic E-state index is 0.0556. The SMILES string of the molecule is Cc1cc(Cl)cc(C(F)F)c1Br. The molecule has 0 unspecified atom stereocenters. The highest BCUT2D eigenvalue weighted by molar-refractivity contribution is 9.10. The number of halogens is 4. The zero-order chi connectivity index (χ0) is 9.30. The molecule has 0 fully saturated rings. The van der Waals surface area contributed by atoms with Crippen LogP contribution in [-0.2, 0) is 0 Å². The predicted molar refractivity (Wildman–Crippen MR) is 48.8 cm³/mol. The van der Waals surface area contributed by atoms with Gasteiger partial charge in [0, 0.05) is 15.1 Å². The van der Waals surface area contributed by atoms with Gasteiger partial charge in [0.1, 0.15) is 0 Å². The van der Waals surface area contributed by atoms with E-state index in [4.69, 9.17) is 11.6 Å². The molecule has 0 saturated heterocycles. The second-order valence-electron chi connectivity index (χ2n) is 2.43. The van der Waals surface area contributed by atoms with Crippen molar-refractivity contribution in [1.29, 1.82) is 0 Å². The van der Waals surface area contributed by atoms with E-state index in [9.17, 15) is 8.78 Å². The van der Waals surface area contributed by atoms with E-state index in [-0.39, 0.29) is 5.56 Å². The van der Waals surface area contributed by atoms with Crippen molar-refractivity contribution in [2.45, 2.75) is 13.3 Å². The van der Waals surface area contributed by atoms with Crippen LogP contribution in [0.3, 0.4) is 0 Å². The molecule has 0 aromatic heterocycles. The van der Waals surface area contributed by atoms with E-state index in [2.05, 4.69) is 15.9 Å². The summed E-state index contributed by atoms with van der Waals surface area (Å²) in [6.07, 6.45) is -2.49. The summed E-state index contributed by atoms with van der Waals surface area (Å²) in [5, 5.41) is 0.339. The van der Waals surface area contributed by atoms with Gasteiger partial charge in [-0.25, -0.2) is 8.78 Å². The Labute approximate surface area is 82.7 Å². The molecule has 0 aliphatic heterocycles. The van der Waals surface area contributed by atoms with Crippen LogP contribution in [0.4, 0.5) is 8.78 Å². The Morgan fingerprint density at radius 2 is 2.00 bits per heavy atom. The molecule has 0 amide bonds. The van der Waals surface area contributed by atoms with Crippen LogP contribution >= 0.6 is 27.5 Å².